The third-order valence-electron chi connectivity index (χ3n) is 5.18. The minimum Gasteiger partial charge on any atom is -0.481 e. The van der Waals surface area contributed by atoms with Gasteiger partial charge in [-0.05, 0) is 31.4 Å². The Hall–Kier alpha value is -2.64. The molecule has 1 unspecified atom stereocenters. The van der Waals surface area contributed by atoms with Gasteiger partial charge in [-0.2, -0.15) is 0 Å². The van der Waals surface area contributed by atoms with Crippen LogP contribution in [-0.2, 0) is 17.8 Å². The zero-order valence-corrected chi connectivity index (χ0v) is 16.7. The molecule has 7 heteroatoms. The van der Waals surface area contributed by atoms with Crippen LogP contribution in [-0.4, -0.2) is 31.7 Å². The summed E-state index contributed by atoms with van der Waals surface area (Å²) in [5.74, 6) is -0.693. The molecule has 1 atom stereocenters. The second-order valence-corrected chi connectivity index (χ2v) is 7.50. The number of ether oxygens (including phenoxy) is 2. The van der Waals surface area contributed by atoms with Crippen LogP contribution in [0.15, 0.2) is 45.6 Å². The highest BCUT2D eigenvalue weighted by atomic mass is 16.5. The first kappa shape index (κ1) is 21.1. The van der Waals surface area contributed by atoms with E-state index in [4.69, 9.17) is 19.6 Å². The molecule has 0 spiro atoms. The van der Waals surface area contributed by atoms with Gasteiger partial charge in [0.05, 0.1) is 7.11 Å². The summed E-state index contributed by atoms with van der Waals surface area (Å²) in [6, 6.07) is 10.7. The predicted octanol–water partition coefficient (Wildman–Crippen LogP) is 2.41. The van der Waals surface area contributed by atoms with Crippen LogP contribution < -0.4 is 21.2 Å². The second-order valence-electron chi connectivity index (χ2n) is 7.50. The Morgan fingerprint density at radius 2 is 2.07 bits per heavy atom. The number of rotatable bonds is 7. The van der Waals surface area contributed by atoms with Gasteiger partial charge in [-0.3, -0.25) is 4.79 Å². The fourth-order valence-electron chi connectivity index (χ4n) is 3.49. The topological polar surface area (TPSA) is 104 Å². The van der Waals surface area contributed by atoms with Crippen molar-refractivity contribution in [3.63, 3.8) is 0 Å². The van der Waals surface area contributed by atoms with Gasteiger partial charge < -0.3 is 24.9 Å². The highest BCUT2D eigenvalue weighted by Gasteiger charge is 2.27. The Bertz CT molecular complexity index is 871. The number of carbonyl (C=O) groups is 1. The number of methoxy groups -OCH3 is 1. The van der Waals surface area contributed by atoms with Crippen molar-refractivity contribution >= 4 is 5.97 Å². The Morgan fingerprint density at radius 3 is 2.83 bits per heavy atom. The number of aryl methyl sites for hydroxylation is 1. The number of esters is 1. The van der Waals surface area contributed by atoms with Gasteiger partial charge in [0.25, 0.3) is 5.76 Å². The predicted molar refractivity (Wildman–Crippen MR) is 109 cm³/mol. The van der Waals surface area contributed by atoms with Gasteiger partial charge in [0, 0.05) is 24.6 Å². The summed E-state index contributed by atoms with van der Waals surface area (Å²) in [6.07, 6.45) is 4.18. The molecule has 1 saturated heterocycles. The highest BCUT2D eigenvalue weighted by molar-refractivity contribution is 5.89. The van der Waals surface area contributed by atoms with E-state index in [2.05, 4.69) is 5.32 Å². The van der Waals surface area contributed by atoms with Crippen molar-refractivity contribution in [2.45, 2.75) is 44.2 Å². The minimum atomic E-state index is -0.745. The first-order valence-electron chi connectivity index (χ1n) is 9.92. The molecule has 0 radical (unpaired) electrons. The van der Waals surface area contributed by atoms with E-state index in [9.17, 15) is 9.59 Å². The summed E-state index contributed by atoms with van der Waals surface area (Å²) < 4.78 is 16.1. The van der Waals surface area contributed by atoms with Crippen LogP contribution in [0.25, 0.3) is 0 Å². The normalized spacial score (nSPS) is 19.4. The van der Waals surface area contributed by atoms with E-state index in [1.807, 2.05) is 30.3 Å². The van der Waals surface area contributed by atoms with E-state index >= 15 is 0 Å². The molecule has 1 aliphatic rings. The first-order chi connectivity index (χ1) is 14.0. The van der Waals surface area contributed by atoms with Gasteiger partial charge in [0.1, 0.15) is 12.4 Å². The lowest BCUT2D eigenvalue weighted by Gasteiger charge is -2.27. The number of benzene rings is 1. The summed E-state index contributed by atoms with van der Waals surface area (Å²) in [4.78, 5) is 24.8. The number of hydrogen-bond acceptors (Lipinski definition) is 7. The average molecular weight is 400 g/mol. The minimum absolute atomic E-state index is 0.136. The molecule has 0 saturated carbocycles. The number of hydrogen-bond donors (Lipinski definition) is 2. The van der Waals surface area contributed by atoms with Crippen molar-refractivity contribution in [3.8, 4) is 5.75 Å². The Labute approximate surface area is 170 Å². The van der Waals surface area contributed by atoms with Gasteiger partial charge in [-0.1, -0.05) is 36.8 Å². The molecule has 0 aliphatic carbocycles. The van der Waals surface area contributed by atoms with Crippen LogP contribution >= 0.6 is 0 Å². The zero-order valence-electron chi connectivity index (χ0n) is 16.7. The monoisotopic (exact) mass is 400 g/mol. The summed E-state index contributed by atoms with van der Waals surface area (Å²) in [6.45, 7) is 1.83. The summed E-state index contributed by atoms with van der Waals surface area (Å²) in [7, 11) is 1.24. The summed E-state index contributed by atoms with van der Waals surface area (Å²) in [5, 5.41) is 3.35. The van der Waals surface area contributed by atoms with Crippen LogP contribution in [0.2, 0.25) is 0 Å². The molecule has 2 heterocycles. The molecule has 3 rings (SSSR count). The molecular weight excluding hydrogens is 372 g/mol. The second kappa shape index (κ2) is 9.71. The molecule has 1 aromatic heterocycles. The molecule has 0 bridgehead atoms. The molecule has 1 fully saturated rings. The zero-order chi connectivity index (χ0) is 20.7. The van der Waals surface area contributed by atoms with Gasteiger partial charge in [-0.15, -0.1) is 0 Å². The van der Waals surface area contributed by atoms with Crippen molar-refractivity contribution in [2.75, 3.05) is 20.2 Å². The quantitative estimate of drug-likeness (QED) is 0.688. The van der Waals surface area contributed by atoms with Crippen LogP contribution in [0.1, 0.15) is 47.6 Å². The molecule has 1 aliphatic heterocycles. The number of nitrogens with two attached hydrogens (primary N) is 1. The van der Waals surface area contributed by atoms with Gasteiger partial charge >= 0.3 is 5.97 Å². The molecule has 156 valence electrons. The fourth-order valence-corrected chi connectivity index (χ4v) is 3.49. The Balaban J connectivity index is 1.78. The fraction of sp³-hybridized carbons (Fsp3) is 0.455. The van der Waals surface area contributed by atoms with Crippen molar-refractivity contribution < 1.29 is 18.7 Å². The van der Waals surface area contributed by atoms with Crippen molar-refractivity contribution in [3.05, 3.63) is 63.7 Å². The van der Waals surface area contributed by atoms with E-state index in [1.54, 1.807) is 0 Å². The lowest BCUT2D eigenvalue weighted by molar-refractivity contribution is 0.0549. The maximum absolute atomic E-state index is 12.7. The third kappa shape index (κ3) is 5.68. The van der Waals surface area contributed by atoms with Crippen molar-refractivity contribution in [2.24, 2.45) is 5.73 Å². The number of carbonyl (C=O) groups excluding carboxylic acids is 1. The third-order valence-corrected chi connectivity index (χ3v) is 5.18. The molecular formula is C22H28N2O5. The average Bonchev–Trinajstić information content (AvgIpc) is 2.96. The van der Waals surface area contributed by atoms with Gasteiger partial charge in [0.15, 0.2) is 0 Å². The molecule has 2 aromatic rings. The van der Waals surface area contributed by atoms with Crippen LogP contribution in [0.3, 0.4) is 0 Å². The standard InChI is InChI=1S/C22H28N2O5/c1-27-21(26)20-19(28-14-16-7-3-2-4-8-16)18(25)13-17(29-20)9-11-22(23)10-5-6-12-24-15-22/h2-4,7-8,13,24H,5-6,9-12,14-15,23H2,1H3. The maximum Gasteiger partial charge on any atom is 0.378 e. The summed E-state index contributed by atoms with van der Waals surface area (Å²) in [5.41, 5.74) is 6.62. The van der Waals surface area contributed by atoms with Crippen molar-refractivity contribution in [1.29, 1.82) is 0 Å². The van der Waals surface area contributed by atoms with E-state index in [0.717, 1.165) is 37.9 Å². The van der Waals surface area contributed by atoms with Gasteiger partial charge in [-0.25, -0.2) is 4.79 Å². The van der Waals surface area contributed by atoms with Crippen LogP contribution in [0.4, 0.5) is 0 Å². The molecule has 7 nitrogen and oxygen atoms in total. The molecule has 0 amide bonds. The molecule has 3 N–H and O–H groups in total. The van der Waals surface area contributed by atoms with Crippen LogP contribution in [0, 0.1) is 0 Å². The van der Waals surface area contributed by atoms with E-state index in [1.165, 1.54) is 13.2 Å². The molecule has 29 heavy (non-hydrogen) atoms. The Morgan fingerprint density at radius 1 is 1.28 bits per heavy atom. The number of nitrogens with one attached hydrogen (secondary N) is 1. The van der Waals surface area contributed by atoms with E-state index < -0.39 is 11.4 Å². The van der Waals surface area contributed by atoms with Crippen LogP contribution in [0.5, 0.6) is 5.75 Å². The SMILES string of the molecule is COC(=O)c1oc(CCC2(N)CCCCNC2)cc(=O)c1OCc1ccccc1. The smallest absolute Gasteiger partial charge is 0.378 e. The van der Waals surface area contributed by atoms with E-state index in [-0.39, 0.29) is 23.7 Å². The van der Waals surface area contributed by atoms with Crippen molar-refractivity contribution in [1.82, 2.24) is 5.32 Å². The maximum atomic E-state index is 12.7. The van der Waals surface area contributed by atoms with E-state index in [0.29, 0.717) is 18.6 Å². The Kier molecular flexibility index (Phi) is 7.06. The van der Waals surface area contributed by atoms with Gasteiger partial charge in [0.2, 0.25) is 11.2 Å². The lowest BCUT2D eigenvalue weighted by Crippen LogP contribution is -2.47. The first-order valence-corrected chi connectivity index (χ1v) is 9.92. The highest BCUT2D eigenvalue weighted by Crippen LogP contribution is 2.23. The lowest BCUT2D eigenvalue weighted by atomic mass is 9.89. The largest absolute Gasteiger partial charge is 0.481 e. The molecule has 1 aromatic carbocycles. The summed E-state index contributed by atoms with van der Waals surface area (Å²) >= 11 is 0.